The van der Waals surface area contributed by atoms with Crippen molar-refractivity contribution in [3.05, 3.63) is 29.8 Å². The van der Waals surface area contributed by atoms with Gasteiger partial charge in [-0.25, -0.2) is 0 Å². The van der Waals surface area contributed by atoms with E-state index < -0.39 is 0 Å². The number of nitrogens with two attached hydrogens (primary N) is 1. The van der Waals surface area contributed by atoms with Crippen molar-refractivity contribution in [3.63, 3.8) is 0 Å². The predicted molar refractivity (Wildman–Crippen MR) is 79.4 cm³/mol. The van der Waals surface area contributed by atoms with E-state index in [-0.39, 0.29) is 6.04 Å². The molecule has 0 spiro atoms. The van der Waals surface area contributed by atoms with E-state index in [0.717, 1.165) is 18.3 Å². The molecule has 1 atom stereocenters. The Balaban J connectivity index is 2.24. The summed E-state index contributed by atoms with van der Waals surface area (Å²) >= 11 is 0. The highest BCUT2D eigenvalue weighted by atomic mass is 16.5. The van der Waals surface area contributed by atoms with Crippen molar-refractivity contribution in [1.82, 2.24) is 4.90 Å². The molecule has 19 heavy (non-hydrogen) atoms. The van der Waals surface area contributed by atoms with Gasteiger partial charge in [-0.3, -0.25) is 4.90 Å². The van der Waals surface area contributed by atoms with Crippen molar-refractivity contribution in [2.45, 2.75) is 45.2 Å². The van der Waals surface area contributed by atoms with Gasteiger partial charge < -0.3 is 10.5 Å². The highest BCUT2D eigenvalue weighted by Crippen LogP contribution is 2.37. The van der Waals surface area contributed by atoms with Crippen LogP contribution in [0.2, 0.25) is 0 Å². The molecule has 0 radical (unpaired) electrons. The van der Waals surface area contributed by atoms with Crippen molar-refractivity contribution < 1.29 is 4.74 Å². The Morgan fingerprint density at radius 2 is 2.05 bits per heavy atom. The first-order valence-electron chi connectivity index (χ1n) is 7.49. The number of hydrogen-bond acceptors (Lipinski definition) is 3. The highest BCUT2D eigenvalue weighted by molar-refractivity contribution is 5.36. The molecular weight excluding hydrogens is 236 g/mol. The number of benzene rings is 1. The average molecular weight is 262 g/mol. The molecule has 106 valence electrons. The fourth-order valence-corrected chi connectivity index (χ4v) is 2.74. The number of para-hydroxylation sites is 1. The smallest absolute Gasteiger partial charge is 0.124 e. The van der Waals surface area contributed by atoms with E-state index in [1.165, 1.54) is 24.8 Å². The molecule has 1 aromatic carbocycles. The van der Waals surface area contributed by atoms with Crippen molar-refractivity contribution in [2.24, 2.45) is 5.73 Å². The van der Waals surface area contributed by atoms with Crippen LogP contribution >= 0.6 is 0 Å². The van der Waals surface area contributed by atoms with Crippen molar-refractivity contribution in [2.75, 3.05) is 19.7 Å². The largest absolute Gasteiger partial charge is 0.494 e. The lowest BCUT2D eigenvalue weighted by atomic mass is 10.0. The summed E-state index contributed by atoms with van der Waals surface area (Å²) in [7, 11) is 0. The van der Waals surface area contributed by atoms with Crippen LogP contribution in [0.4, 0.5) is 0 Å². The molecule has 1 aliphatic carbocycles. The standard InChI is InChI=1S/C16H26N2O/c1-3-11-18(13-9-10-13)15(12-17)14-7-5-6-8-16(14)19-4-2/h5-8,13,15H,3-4,9-12,17H2,1-2H3. The summed E-state index contributed by atoms with van der Waals surface area (Å²) in [5.74, 6) is 0.988. The first-order valence-corrected chi connectivity index (χ1v) is 7.49. The maximum absolute atomic E-state index is 6.07. The molecule has 1 fully saturated rings. The monoisotopic (exact) mass is 262 g/mol. The Hall–Kier alpha value is -1.06. The zero-order valence-corrected chi connectivity index (χ0v) is 12.1. The minimum absolute atomic E-state index is 0.287. The number of ether oxygens (including phenoxy) is 1. The van der Waals surface area contributed by atoms with Crippen LogP contribution < -0.4 is 10.5 Å². The lowest BCUT2D eigenvalue weighted by Gasteiger charge is -2.32. The third-order valence-electron chi connectivity index (χ3n) is 3.70. The molecule has 1 saturated carbocycles. The summed E-state index contributed by atoms with van der Waals surface area (Å²) in [5, 5.41) is 0. The van der Waals surface area contributed by atoms with Crippen LogP contribution in [0.1, 0.15) is 44.7 Å². The minimum Gasteiger partial charge on any atom is -0.494 e. The number of rotatable bonds is 8. The predicted octanol–water partition coefficient (Wildman–Crippen LogP) is 2.96. The fourth-order valence-electron chi connectivity index (χ4n) is 2.74. The molecule has 0 amide bonds. The number of hydrogen-bond donors (Lipinski definition) is 1. The van der Waals surface area contributed by atoms with Gasteiger partial charge >= 0.3 is 0 Å². The number of nitrogens with zero attached hydrogens (tertiary/aromatic N) is 1. The Bertz CT molecular complexity index is 390. The van der Waals surface area contributed by atoms with E-state index in [2.05, 4.69) is 30.0 Å². The van der Waals surface area contributed by atoms with Crippen LogP contribution in [0.3, 0.4) is 0 Å². The van der Waals surface area contributed by atoms with Crippen LogP contribution in [0.5, 0.6) is 5.75 Å². The Labute approximate surface area is 116 Å². The minimum atomic E-state index is 0.287. The zero-order chi connectivity index (χ0) is 13.7. The molecule has 3 nitrogen and oxygen atoms in total. The van der Waals surface area contributed by atoms with Gasteiger partial charge in [0.2, 0.25) is 0 Å². The van der Waals surface area contributed by atoms with Crippen molar-refractivity contribution in [3.8, 4) is 5.75 Å². The van der Waals surface area contributed by atoms with Crippen LogP contribution in [0.25, 0.3) is 0 Å². The Kier molecular flexibility index (Phi) is 5.23. The topological polar surface area (TPSA) is 38.5 Å². The van der Waals surface area contributed by atoms with Gasteiger partial charge in [-0.2, -0.15) is 0 Å². The molecule has 0 aliphatic heterocycles. The molecule has 2 N–H and O–H groups in total. The van der Waals surface area contributed by atoms with E-state index in [9.17, 15) is 0 Å². The van der Waals surface area contributed by atoms with Crippen LogP contribution in [0.15, 0.2) is 24.3 Å². The summed E-state index contributed by atoms with van der Waals surface area (Å²) in [6, 6.07) is 9.34. The molecule has 2 rings (SSSR count). The second kappa shape index (κ2) is 6.92. The lowest BCUT2D eigenvalue weighted by molar-refractivity contribution is 0.186. The third kappa shape index (κ3) is 3.48. The van der Waals surface area contributed by atoms with Crippen LogP contribution in [-0.4, -0.2) is 30.6 Å². The van der Waals surface area contributed by atoms with Gasteiger partial charge in [-0.15, -0.1) is 0 Å². The molecule has 0 bridgehead atoms. The molecular formula is C16H26N2O. The highest BCUT2D eigenvalue weighted by Gasteiger charge is 2.34. The molecule has 3 heteroatoms. The summed E-state index contributed by atoms with van der Waals surface area (Å²) in [6.45, 7) is 6.73. The second-order valence-electron chi connectivity index (χ2n) is 5.19. The maximum atomic E-state index is 6.07. The van der Waals surface area contributed by atoms with Gasteiger partial charge in [0, 0.05) is 18.2 Å². The quantitative estimate of drug-likeness (QED) is 0.783. The Morgan fingerprint density at radius 3 is 2.63 bits per heavy atom. The van der Waals surface area contributed by atoms with E-state index in [0.29, 0.717) is 13.2 Å². The molecule has 1 aliphatic rings. The summed E-state index contributed by atoms with van der Waals surface area (Å²) in [5.41, 5.74) is 7.31. The van der Waals surface area contributed by atoms with E-state index >= 15 is 0 Å². The lowest BCUT2D eigenvalue weighted by Crippen LogP contribution is -2.36. The first-order chi connectivity index (χ1) is 9.31. The average Bonchev–Trinajstić information content (AvgIpc) is 3.25. The maximum Gasteiger partial charge on any atom is 0.124 e. The molecule has 1 unspecified atom stereocenters. The zero-order valence-electron chi connectivity index (χ0n) is 12.1. The van der Waals surface area contributed by atoms with E-state index in [1.54, 1.807) is 0 Å². The summed E-state index contributed by atoms with van der Waals surface area (Å²) in [6.07, 6.45) is 3.80. The molecule has 1 aromatic rings. The first kappa shape index (κ1) is 14.4. The Morgan fingerprint density at radius 1 is 1.32 bits per heavy atom. The van der Waals surface area contributed by atoms with Crippen LogP contribution in [-0.2, 0) is 0 Å². The second-order valence-corrected chi connectivity index (χ2v) is 5.19. The van der Waals surface area contributed by atoms with Crippen molar-refractivity contribution >= 4 is 0 Å². The van der Waals surface area contributed by atoms with Gasteiger partial charge in [0.25, 0.3) is 0 Å². The van der Waals surface area contributed by atoms with E-state index in [1.807, 2.05) is 13.0 Å². The molecule has 0 heterocycles. The molecule has 0 saturated heterocycles. The third-order valence-corrected chi connectivity index (χ3v) is 3.70. The van der Waals surface area contributed by atoms with Gasteiger partial charge in [0.05, 0.1) is 12.6 Å². The molecule has 0 aromatic heterocycles. The SMILES string of the molecule is CCCN(C1CC1)C(CN)c1ccccc1OCC. The van der Waals surface area contributed by atoms with Gasteiger partial charge in [0.1, 0.15) is 5.75 Å². The summed E-state index contributed by atoms with van der Waals surface area (Å²) < 4.78 is 5.77. The van der Waals surface area contributed by atoms with Gasteiger partial charge in [0.15, 0.2) is 0 Å². The summed E-state index contributed by atoms with van der Waals surface area (Å²) in [4.78, 5) is 2.57. The van der Waals surface area contributed by atoms with E-state index in [4.69, 9.17) is 10.5 Å². The fraction of sp³-hybridized carbons (Fsp3) is 0.625. The van der Waals surface area contributed by atoms with Gasteiger partial charge in [-0.05, 0) is 38.8 Å². The van der Waals surface area contributed by atoms with Gasteiger partial charge in [-0.1, -0.05) is 25.1 Å². The van der Waals surface area contributed by atoms with Crippen molar-refractivity contribution in [1.29, 1.82) is 0 Å². The normalized spacial score (nSPS) is 16.6. The van der Waals surface area contributed by atoms with Crippen LogP contribution in [0, 0.1) is 0 Å².